The van der Waals surface area contributed by atoms with Crippen LogP contribution in [-0.2, 0) is 4.74 Å². The lowest BCUT2D eigenvalue weighted by Crippen LogP contribution is -2.47. The van der Waals surface area contributed by atoms with Crippen molar-refractivity contribution in [3.05, 3.63) is 18.2 Å². The van der Waals surface area contributed by atoms with Crippen LogP contribution in [0.15, 0.2) is 23.2 Å². The Hall–Kier alpha value is -1.42. The van der Waals surface area contributed by atoms with Crippen LogP contribution in [0.4, 0.5) is 0 Å². The highest BCUT2D eigenvalue weighted by Gasteiger charge is 2.41. The average molecular weight is 475 g/mol. The molecule has 3 atom stereocenters. The third kappa shape index (κ3) is 4.46. The smallest absolute Gasteiger partial charge is 0.231 e. The Morgan fingerprint density at radius 3 is 2.92 bits per heavy atom. The van der Waals surface area contributed by atoms with Gasteiger partial charge in [-0.3, -0.25) is 0 Å². The first-order valence-corrected chi connectivity index (χ1v) is 9.04. The summed E-state index contributed by atoms with van der Waals surface area (Å²) in [4.78, 5) is 4.61. The molecule has 0 aromatic heterocycles. The summed E-state index contributed by atoms with van der Waals surface area (Å²) in [5.74, 6) is 3.08. The van der Waals surface area contributed by atoms with Crippen LogP contribution >= 0.6 is 24.0 Å². The molecule has 0 saturated carbocycles. The Morgan fingerprint density at radius 1 is 1.27 bits per heavy atom. The molecule has 0 radical (unpaired) electrons. The van der Waals surface area contributed by atoms with Gasteiger partial charge in [0.2, 0.25) is 6.79 Å². The van der Waals surface area contributed by atoms with Crippen molar-refractivity contribution in [1.82, 2.24) is 10.6 Å². The lowest BCUT2D eigenvalue weighted by Gasteiger charge is -2.22. The molecule has 0 amide bonds. The molecule has 3 aliphatic rings. The van der Waals surface area contributed by atoms with Crippen LogP contribution in [0, 0.1) is 0 Å². The summed E-state index contributed by atoms with van der Waals surface area (Å²) in [5.41, 5.74) is 0. The fourth-order valence-electron chi connectivity index (χ4n) is 3.57. The largest absolute Gasteiger partial charge is 0.492 e. The first-order chi connectivity index (χ1) is 12.3. The van der Waals surface area contributed by atoms with Crippen molar-refractivity contribution in [3.8, 4) is 17.2 Å². The molecule has 2 bridgehead atoms. The number of nitrogens with one attached hydrogen (secondary N) is 2. The summed E-state index contributed by atoms with van der Waals surface area (Å²) >= 11 is 0. The Labute approximate surface area is 170 Å². The Morgan fingerprint density at radius 2 is 2.15 bits per heavy atom. The Kier molecular flexibility index (Phi) is 6.68. The van der Waals surface area contributed by atoms with Crippen molar-refractivity contribution < 1.29 is 18.9 Å². The minimum Gasteiger partial charge on any atom is -0.492 e. The SMILES string of the molecule is CCNC(=NCCOc1ccc2c(c1)OCO2)NC1CC2CCC1O2.I. The number of ether oxygens (including phenoxy) is 4. The first-order valence-electron chi connectivity index (χ1n) is 9.04. The van der Waals surface area contributed by atoms with E-state index in [9.17, 15) is 0 Å². The fourth-order valence-corrected chi connectivity index (χ4v) is 3.57. The van der Waals surface area contributed by atoms with Crippen molar-refractivity contribution in [2.24, 2.45) is 4.99 Å². The Bertz CT molecular complexity index is 643. The zero-order chi connectivity index (χ0) is 17.1. The molecule has 8 heteroatoms. The van der Waals surface area contributed by atoms with E-state index in [4.69, 9.17) is 18.9 Å². The molecule has 3 aliphatic heterocycles. The molecule has 1 aromatic carbocycles. The quantitative estimate of drug-likeness (QED) is 0.285. The van der Waals surface area contributed by atoms with Crippen LogP contribution in [0.1, 0.15) is 26.2 Å². The topological polar surface area (TPSA) is 73.3 Å². The molecule has 144 valence electrons. The first kappa shape index (κ1) is 19.3. The maximum absolute atomic E-state index is 5.89. The van der Waals surface area contributed by atoms with E-state index in [-0.39, 0.29) is 30.8 Å². The second-order valence-corrected chi connectivity index (χ2v) is 6.48. The summed E-state index contributed by atoms with van der Waals surface area (Å²) < 4.78 is 22.3. The molecule has 26 heavy (non-hydrogen) atoms. The van der Waals surface area contributed by atoms with Crippen LogP contribution < -0.4 is 24.8 Å². The molecule has 4 rings (SSSR count). The van der Waals surface area contributed by atoms with Crippen LogP contribution in [0.25, 0.3) is 0 Å². The molecule has 3 unspecified atom stereocenters. The number of fused-ring (bicyclic) bond motifs is 3. The number of aliphatic imine (C=N–C) groups is 1. The molecule has 1 aromatic rings. The summed E-state index contributed by atoms with van der Waals surface area (Å²) in [6.07, 6.45) is 4.18. The van der Waals surface area contributed by atoms with E-state index in [0.29, 0.717) is 31.4 Å². The molecule has 2 saturated heterocycles. The van der Waals surface area contributed by atoms with Crippen molar-refractivity contribution in [2.75, 3.05) is 26.5 Å². The monoisotopic (exact) mass is 475 g/mol. The number of rotatable bonds is 6. The van der Waals surface area contributed by atoms with Gasteiger partial charge in [-0.1, -0.05) is 0 Å². The van der Waals surface area contributed by atoms with Crippen LogP contribution in [-0.4, -0.2) is 50.7 Å². The van der Waals surface area contributed by atoms with E-state index in [1.165, 1.54) is 6.42 Å². The van der Waals surface area contributed by atoms with Crippen molar-refractivity contribution in [2.45, 2.75) is 44.4 Å². The third-order valence-corrected chi connectivity index (χ3v) is 4.75. The van der Waals surface area contributed by atoms with Gasteiger partial charge in [-0.2, -0.15) is 0 Å². The van der Waals surface area contributed by atoms with Gasteiger partial charge in [0.05, 0.1) is 24.8 Å². The average Bonchev–Trinajstić information content (AvgIpc) is 3.34. The summed E-state index contributed by atoms with van der Waals surface area (Å²) in [6.45, 7) is 4.25. The van der Waals surface area contributed by atoms with Crippen molar-refractivity contribution in [3.63, 3.8) is 0 Å². The maximum Gasteiger partial charge on any atom is 0.231 e. The zero-order valence-corrected chi connectivity index (χ0v) is 17.2. The minimum atomic E-state index is 0. The number of nitrogens with zero attached hydrogens (tertiary/aromatic N) is 1. The fraction of sp³-hybridized carbons (Fsp3) is 0.611. The molecule has 0 spiro atoms. The Balaban J connectivity index is 0.00000196. The van der Waals surface area contributed by atoms with Crippen LogP contribution in [0.3, 0.4) is 0 Å². The van der Waals surface area contributed by atoms with E-state index in [1.54, 1.807) is 0 Å². The predicted molar refractivity (Wildman–Crippen MR) is 109 cm³/mol. The number of guanidine groups is 1. The number of benzene rings is 1. The highest BCUT2D eigenvalue weighted by molar-refractivity contribution is 14.0. The van der Waals surface area contributed by atoms with Gasteiger partial charge in [0.15, 0.2) is 17.5 Å². The molecule has 7 nitrogen and oxygen atoms in total. The van der Waals surface area contributed by atoms with E-state index in [1.807, 2.05) is 18.2 Å². The second-order valence-electron chi connectivity index (χ2n) is 6.48. The molecular weight excluding hydrogens is 449 g/mol. The van der Waals surface area contributed by atoms with Gasteiger partial charge in [0.1, 0.15) is 12.4 Å². The summed E-state index contributed by atoms with van der Waals surface area (Å²) in [7, 11) is 0. The van der Waals surface area contributed by atoms with Crippen molar-refractivity contribution >= 4 is 29.9 Å². The van der Waals surface area contributed by atoms with Gasteiger partial charge in [-0.05, 0) is 38.3 Å². The number of hydrogen-bond donors (Lipinski definition) is 2. The number of hydrogen-bond acceptors (Lipinski definition) is 5. The van der Waals surface area contributed by atoms with E-state index in [0.717, 1.165) is 42.6 Å². The lowest BCUT2D eigenvalue weighted by molar-refractivity contribution is 0.0992. The van der Waals surface area contributed by atoms with Gasteiger partial charge in [-0.15, -0.1) is 24.0 Å². The third-order valence-electron chi connectivity index (χ3n) is 4.75. The van der Waals surface area contributed by atoms with E-state index >= 15 is 0 Å². The normalized spacial score (nSPS) is 25.7. The van der Waals surface area contributed by atoms with Gasteiger partial charge in [0.25, 0.3) is 0 Å². The highest BCUT2D eigenvalue weighted by Crippen LogP contribution is 2.35. The zero-order valence-electron chi connectivity index (χ0n) is 14.9. The van der Waals surface area contributed by atoms with Gasteiger partial charge >= 0.3 is 0 Å². The molecule has 3 heterocycles. The number of halogens is 1. The summed E-state index contributed by atoms with van der Waals surface area (Å²) in [6, 6.07) is 5.96. The standard InChI is InChI=1S/C18H25N3O4.HI/c1-2-19-18(21-14-9-13-4-5-15(14)25-13)20-7-8-22-12-3-6-16-17(10-12)24-11-23-16;/h3,6,10,13-15H,2,4-5,7-9,11H2,1H3,(H2,19,20,21);1H. The maximum atomic E-state index is 5.89. The predicted octanol–water partition coefficient (Wildman–Crippen LogP) is 2.29. The van der Waals surface area contributed by atoms with Gasteiger partial charge < -0.3 is 29.6 Å². The van der Waals surface area contributed by atoms with Gasteiger partial charge in [-0.25, -0.2) is 4.99 Å². The van der Waals surface area contributed by atoms with Gasteiger partial charge in [0, 0.05) is 12.6 Å². The summed E-state index contributed by atoms with van der Waals surface area (Å²) in [5, 5.41) is 6.80. The van der Waals surface area contributed by atoms with E-state index in [2.05, 4.69) is 22.5 Å². The van der Waals surface area contributed by atoms with Crippen molar-refractivity contribution in [1.29, 1.82) is 0 Å². The molecule has 0 aliphatic carbocycles. The van der Waals surface area contributed by atoms with E-state index < -0.39 is 0 Å². The lowest BCUT2D eigenvalue weighted by atomic mass is 9.96. The molecular formula is C18H26IN3O4. The second kappa shape index (κ2) is 8.98. The van der Waals surface area contributed by atoms with Crippen LogP contribution in [0.2, 0.25) is 0 Å². The molecule has 2 fully saturated rings. The minimum absolute atomic E-state index is 0. The van der Waals surface area contributed by atoms with Crippen LogP contribution in [0.5, 0.6) is 17.2 Å². The molecule has 2 N–H and O–H groups in total. The highest BCUT2D eigenvalue weighted by atomic mass is 127.